The fourth-order valence-electron chi connectivity index (χ4n) is 3.25. The molecule has 3 aromatic rings. The average Bonchev–Trinajstić information content (AvgIpc) is 2.77. The van der Waals surface area contributed by atoms with Gasteiger partial charge in [0.2, 0.25) is 5.91 Å². The van der Waals surface area contributed by atoms with Crippen molar-refractivity contribution < 1.29 is 14.0 Å². The Hall–Kier alpha value is -3.61. The summed E-state index contributed by atoms with van der Waals surface area (Å²) in [6.07, 6.45) is 4.75. The third-order valence-electron chi connectivity index (χ3n) is 4.81. The SMILES string of the molecule is O=C(/C=C/c1cnc2ccccc2n1)N1CCN(C(=O)c2cccc(F)c2)CC1. The lowest BCUT2D eigenvalue weighted by Crippen LogP contribution is -2.50. The number of hydrogen-bond acceptors (Lipinski definition) is 4. The number of carbonyl (C=O) groups is 2. The molecule has 0 spiro atoms. The number of aromatic nitrogens is 2. The van der Waals surface area contributed by atoms with Crippen molar-refractivity contribution in [3.05, 3.63) is 77.9 Å². The van der Waals surface area contributed by atoms with Crippen molar-refractivity contribution in [2.45, 2.75) is 0 Å². The number of rotatable bonds is 3. The van der Waals surface area contributed by atoms with Gasteiger partial charge in [0.25, 0.3) is 5.91 Å². The summed E-state index contributed by atoms with van der Waals surface area (Å²) in [7, 11) is 0. The third-order valence-corrected chi connectivity index (χ3v) is 4.81. The van der Waals surface area contributed by atoms with Crippen LogP contribution in [0.15, 0.2) is 60.8 Å². The summed E-state index contributed by atoms with van der Waals surface area (Å²) in [4.78, 5) is 37.0. The van der Waals surface area contributed by atoms with Crippen LogP contribution in [0.1, 0.15) is 16.1 Å². The van der Waals surface area contributed by atoms with E-state index in [1.54, 1.807) is 28.1 Å². The number of carbonyl (C=O) groups excluding carboxylic acids is 2. The third kappa shape index (κ3) is 4.29. The summed E-state index contributed by atoms with van der Waals surface area (Å²) in [5.41, 5.74) is 2.50. The number of nitrogens with zero attached hydrogens (tertiary/aromatic N) is 4. The second-order valence-corrected chi connectivity index (χ2v) is 6.74. The van der Waals surface area contributed by atoms with Crippen molar-refractivity contribution in [2.24, 2.45) is 0 Å². The topological polar surface area (TPSA) is 66.4 Å². The molecule has 2 heterocycles. The van der Waals surface area contributed by atoms with E-state index in [-0.39, 0.29) is 11.8 Å². The first-order valence-electron chi connectivity index (χ1n) is 9.34. The van der Waals surface area contributed by atoms with Crippen LogP contribution in [-0.2, 0) is 4.79 Å². The van der Waals surface area contributed by atoms with Gasteiger partial charge in [0.1, 0.15) is 5.82 Å². The maximum Gasteiger partial charge on any atom is 0.254 e. The highest BCUT2D eigenvalue weighted by Gasteiger charge is 2.24. The van der Waals surface area contributed by atoms with Crippen LogP contribution in [0.4, 0.5) is 4.39 Å². The van der Waals surface area contributed by atoms with E-state index in [9.17, 15) is 14.0 Å². The lowest BCUT2D eigenvalue weighted by Gasteiger charge is -2.34. The minimum absolute atomic E-state index is 0.141. The molecule has 1 aliphatic heterocycles. The first-order valence-corrected chi connectivity index (χ1v) is 9.34. The minimum atomic E-state index is -0.438. The van der Waals surface area contributed by atoms with Crippen LogP contribution in [0.25, 0.3) is 17.1 Å². The Balaban J connectivity index is 1.36. The van der Waals surface area contributed by atoms with E-state index in [1.807, 2.05) is 24.3 Å². The normalized spacial score (nSPS) is 14.5. The van der Waals surface area contributed by atoms with Gasteiger partial charge in [-0.1, -0.05) is 18.2 Å². The highest BCUT2D eigenvalue weighted by molar-refractivity contribution is 5.95. The summed E-state index contributed by atoms with van der Waals surface area (Å²) in [6.45, 7) is 1.66. The Morgan fingerprint density at radius 2 is 1.66 bits per heavy atom. The summed E-state index contributed by atoms with van der Waals surface area (Å²) in [5.74, 6) is -0.803. The summed E-state index contributed by atoms with van der Waals surface area (Å²) >= 11 is 0. The first-order chi connectivity index (χ1) is 14.1. The number of hydrogen-bond donors (Lipinski definition) is 0. The van der Waals surface area contributed by atoms with E-state index in [0.717, 1.165) is 11.0 Å². The lowest BCUT2D eigenvalue weighted by molar-refractivity contribution is -0.127. The van der Waals surface area contributed by atoms with Crippen LogP contribution in [0.5, 0.6) is 0 Å². The van der Waals surface area contributed by atoms with Crippen molar-refractivity contribution in [1.29, 1.82) is 0 Å². The van der Waals surface area contributed by atoms with Gasteiger partial charge in [-0.15, -0.1) is 0 Å². The van der Waals surface area contributed by atoms with E-state index in [1.165, 1.54) is 24.3 Å². The quantitative estimate of drug-likeness (QED) is 0.645. The minimum Gasteiger partial charge on any atom is -0.336 e. The van der Waals surface area contributed by atoms with Crippen LogP contribution < -0.4 is 0 Å². The monoisotopic (exact) mass is 390 g/mol. The molecule has 6 nitrogen and oxygen atoms in total. The van der Waals surface area contributed by atoms with Crippen molar-refractivity contribution in [3.8, 4) is 0 Å². The van der Waals surface area contributed by atoms with Gasteiger partial charge in [-0.05, 0) is 36.4 Å². The molecule has 2 amide bonds. The van der Waals surface area contributed by atoms with Gasteiger partial charge >= 0.3 is 0 Å². The second kappa shape index (κ2) is 8.18. The summed E-state index contributed by atoms with van der Waals surface area (Å²) < 4.78 is 13.3. The van der Waals surface area contributed by atoms with Crippen molar-refractivity contribution in [1.82, 2.24) is 19.8 Å². The number of halogens is 1. The fraction of sp³-hybridized carbons (Fsp3) is 0.182. The molecule has 0 unspecified atom stereocenters. The maximum absolute atomic E-state index is 13.3. The molecule has 1 saturated heterocycles. The standard InChI is InChI=1S/C22H19FN4O2/c23-17-5-3-4-16(14-17)22(29)27-12-10-26(11-13-27)21(28)9-8-18-15-24-19-6-1-2-7-20(19)25-18/h1-9,14-15H,10-13H2/b9-8+. The number of para-hydroxylation sites is 2. The van der Waals surface area contributed by atoms with Crippen molar-refractivity contribution in [2.75, 3.05) is 26.2 Å². The molecule has 7 heteroatoms. The van der Waals surface area contributed by atoms with Crippen LogP contribution in [0, 0.1) is 5.82 Å². The molecular formula is C22H19FN4O2. The number of amides is 2. The zero-order chi connectivity index (χ0) is 20.2. The Kier molecular flexibility index (Phi) is 5.29. The molecule has 146 valence electrons. The van der Waals surface area contributed by atoms with Gasteiger partial charge in [0.15, 0.2) is 0 Å². The predicted molar refractivity (Wildman–Crippen MR) is 107 cm³/mol. The summed E-state index contributed by atoms with van der Waals surface area (Å²) in [6, 6.07) is 13.2. The molecule has 2 aromatic carbocycles. The molecule has 0 atom stereocenters. The van der Waals surface area contributed by atoms with Gasteiger partial charge in [-0.3, -0.25) is 14.6 Å². The first kappa shape index (κ1) is 18.7. The van der Waals surface area contributed by atoms with E-state index in [4.69, 9.17) is 0 Å². The molecule has 0 aliphatic carbocycles. The molecule has 1 aliphatic rings. The Morgan fingerprint density at radius 3 is 2.41 bits per heavy atom. The lowest BCUT2D eigenvalue weighted by atomic mass is 10.1. The fourth-order valence-corrected chi connectivity index (χ4v) is 3.25. The molecule has 29 heavy (non-hydrogen) atoms. The van der Waals surface area contributed by atoms with Gasteiger partial charge in [0.05, 0.1) is 22.9 Å². The van der Waals surface area contributed by atoms with Gasteiger partial charge in [-0.25, -0.2) is 9.37 Å². The number of benzene rings is 2. The van der Waals surface area contributed by atoms with Gasteiger partial charge in [0, 0.05) is 37.8 Å². The van der Waals surface area contributed by atoms with E-state index in [0.29, 0.717) is 37.4 Å². The van der Waals surface area contributed by atoms with E-state index in [2.05, 4.69) is 9.97 Å². The van der Waals surface area contributed by atoms with Crippen LogP contribution in [-0.4, -0.2) is 57.8 Å². The molecule has 1 fully saturated rings. The molecule has 0 saturated carbocycles. The zero-order valence-electron chi connectivity index (χ0n) is 15.7. The molecule has 0 bridgehead atoms. The van der Waals surface area contributed by atoms with E-state index >= 15 is 0 Å². The van der Waals surface area contributed by atoms with Gasteiger partial charge < -0.3 is 9.80 Å². The molecule has 0 radical (unpaired) electrons. The molecule has 4 rings (SSSR count). The molecule has 0 N–H and O–H groups in total. The highest BCUT2D eigenvalue weighted by atomic mass is 19.1. The number of fused-ring (bicyclic) bond motifs is 1. The Bertz CT molecular complexity index is 1090. The largest absolute Gasteiger partial charge is 0.336 e. The smallest absolute Gasteiger partial charge is 0.254 e. The molecule has 1 aromatic heterocycles. The van der Waals surface area contributed by atoms with Crippen LogP contribution in [0.3, 0.4) is 0 Å². The van der Waals surface area contributed by atoms with E-state index < -0.39 is 5.82 Å². The van der Waals surface area contributed by atoms with Gasteiger partial charge in [-0.2, -0.15) is 0 Å². The number of piperazine rings is 1. The average molecular weight is 390 g/mol. The Morgan fingerprint density at radius 1 is 0.931 bits per heavy atom. The second-order valence-electron chi connectivity index (χ2n) is 6.74. The predicted octanol–water partition coefficient (Wildman–Crippen LogP) is 2.77. The zero-order valence-corrected chi connectivity index (χ0v) is 15.7. The Labute approximate surface area is 167 Å². The van der Waals surface area contributed by atoms with Crippen LogP contribution >= 0.6 is 0 Å². The maximum atomic E-state index is 13.3. The van der Waals surface area contributed by atoms with Crippen molar-refractivity contribution >= 4 is 28.9 Å². The summed E-state index contributed by atoms with van der Waals surface area (Å²) in [5, 5.41) is 0. The highest BCUT2D eigenvalue weighted by Crippen LogP contribution is 2.12. The van der Waals surface area contributed by atoms with Crippen LogP contribution in [0.2, 0.25) is 0 Å². The molecular weight excluding hydrogens is 371 g/mol. The van der Waals surface area contributed by atoms with Crippen molar-refractivity contribution in [3.63, 3.8) is 0 Å².